The van der Waals surface area contributed by atoms with Gasteiger partial charge in [0.25, 0.3) is 0 Å². The lowest BCUT2D eigenvalue weighted by Crippen LogP contribution is -2.16. The fourth-order valence-corrected chi connectivity index (χ4v) is 1.34. The van der Waals surface area contributed by atoms with E-state index < -0.39 is 0 Å². The van der Waals surface area contributed by atoms with E-state index in [0.717, 1.165) is 31.4 Å². The lowest BCUT2D eigenvalue weighted by molar-refractivity contribution is 0.602. The summed E-state index contributed by atoms with van der Waals surface area (Å²) in [5.41, 5.74) is 6.75. The molecule has 0 aliphatic heterocycles. The Morgan fingerprint density at radius 3 is 2.93 bits per heavy atom. The van der Waals surface area contributed by atoms with Crippen LogP contribution in [-0.2, 0) is 6.54 Å². The Morgan fingerprint density at radius 1 is 1.47 bits per heavy atom. The maximum atomic E-state index is 5.80. The van der Waals surface area contributed by atoms with E-state index in [9.17, 15) is 0 Å². The van der Waals surface area contributed by atoms with Crippen molar-refractivity contribution in [2.24, 2.45) is 5.73 Å². The van der Waals surface area contributed by atoms with Gasteiger partial charge in [-0.15, -0.1) is 0 Å². The highest BCUT2D eigenvalue weighted by Gasteiger charge is 1.96. The van der Waals surface area contributed by atoms with Gasteiger partial charge in [0.05, 0.1) is 17.8 Å². The molecular formula is C12H19N3. The molecule has 1 rings (SSSR count). The van der Waals surface area contributed by atoms with Crippen LogP contribution in [0.5, 0.6) is 0 Å². The highest BCUT2D eigenvalue weighted by atomic mass is 15.3. The monoisotopic (exact) mass is 205 g/mol. The molecule has 2 N–H and O–H groups in total. The quantitative estimate of drug-likeness (QED) is 0.761. The smallest absolute Gasteiger partial charge is 0.0668 e. The summed E-state index contributed by atoms with van der Waals surface area (Å²) in [6, 6.07) is -0.00970. The van der Waals surface area contributed by atoms with E-state index in [0.29, 0.717) is 0 Å². The number of nitrogens with zero attached hydrogens (tertiary/aromatic N) is 2. The lowest BCUT2D eigenvalue weighted by atomic mass is 10.2. The van der Waals surface area contributed by atoms with E-state index in [1.54, 1.807) is 6.20 Å². The van der Waals surface area contributed by atoms with Crippen molar-refractivity contribution in [1.82, 2.24) is 9.78 Å². The molecule has 0 aromatic carbocycles. The number of nitrogens with two attached hydrogens (primary N) is 1. The van der Waals surface area contributed by atoms with Gasteiger partial charge in [-0.3, -0.25) is 4.68 Å². The van der Waals surface area contributed by atoms with Crippen LogP contribution >= 0.6 is 0 Å². The molecule has 0 saturated heterocycles. The SMILES string of the molecule is CCCC(N)C#Cc1cnn(CCC)c1. The van der Waals surface area contributed by atoms with Gasteiger partial charge in [-0.2, -0.15) is 5.10 Å². The number of rotatable bonds is 4. The first kappa shape index (κ1) is 11.8. The van der Waals surface area contributed by atoms with Crippen molar-refractivity contribution in [2.45, 2.75) is 45.7 Å². The van der Waals surface area contributed by atoms with Gasteiger partial charge in [-0.05, 0) is 12.8 Å². The second-order valence-electron chi connectivity index (χ2n) is 3.66. The Hall–Kier alpha value is -1.27. The molecule has 0 amide bonds. The van der Waals surface area contributed by atoms with Crippen molar-refractivity contribution in [3.05, 3.63) is 18.0 Å². The van der Waals surface area contributed by atoms with Crippen molar-refractivity contribution in [1.29, 1.82) is 0 Å². The van der Waals surface area contributed by atoms with Crippen LogP contribution in [0.4, 0.5) is 0 Å². The summed E-state index contributed by atoms with van der Waals surface area (Å²) in [4.78, 5) is 0. The predicted octanol–water partition coefficient (Wildman–Crippen LogP) is 1.77. The van der Waals surface area contributed by atoms with Gasteiger partial charge in [0.2, 0.25) is 0 Å². The largest absolute Gasteiger partial charge is 0.318 e. The first-order chi connectivity index (χ1) is 7.26. The van der Waals surface area contributed by atoms with Crippen LogP contribution in [-0.4, -0.2) is 15.8 Å². The molecule has 1 atom stereocenters. The summed E-state index contributed by atoms with van der Waals surface area (Å²) in [7, 11) is 0. The molecule has 0 aliphatic rings. The summed E-state index contributed by atoms with van der Waals surface area (Å²) in [6.45, 7) is 5.19. The van der Waals surface area contributed by atoms with Gasteiger partial charge in [0, 0.05) is 12.7 Å². The summed E-state index contributed by atoms with van der Waals surface area (Å²) in [6.07, 6.45) is 6.88. The fraction of sp³-hybridized carbons (Fsp3) is 0.583. The van der Waals surface area contributed by atoms with Gasteiger partial charge in [0.1, 0.15) is 0 Å². The van der Waals surface area contributed by atoms with E-state index in [1.165, 1.54) is 0 Å². The van der Waals surface area contributed by atoms with Crippen molar-refractivity contribution >= 4 is 0 Å². The third-order valence-electron chi connectivity index (χ3n) is 2.09. The van der Waals surface area contributed by atoms with Gasteiger partial charge >= 0.3 is 0 Å². The molecule has 1 unspecified atom stereocenters. The molecule has 3 nitrogen and oxygen atoms in total. The van der Waals surface area contributed by atoms with Gasteiger partial charge in [-0.25, -0.2) is 0 Å². The molecule has 3 heteroatoms. The van der Waals surface area contributed by atoms with Crippen LogP contribution in [0.1, 0.15) is 38.7 Å². The Balaban J connectivity index is 2.55. The fourth-order valence-electron chi connectivity index (χ4n) is 1.34. The third-order valence-corrected chi connectivity index (χ3v) is 2.09. The molecule has 0 radical (unpaired) electrons. The maximum absolute atomic E-state index is 5.80. The number of hydrogen-bond donors (Lipinski definition) is 1. The molecule has 0 aliphatic carbocycles. The highest BCUT2D eigenvalue weighted by Crippen LogP contribution is 1.97. The van der Waals surface area contributed by atoms with Crippen molar-refractivity contribution in [3.63, 3.8) is 0 Å². The average molecular weight is 205 g/mol. The maximum Gasteiger partial charge on any atom is 0.0668 e. The van der Waals surface area contributed by atoms with E-state index in [2.05, 4.69) is 30.8 Å². The topological polar surface area (TPSA) is 43.8 Å². The highest BCUT2D eigenvalue weighted by molar-refractivity contribution is 5.31. The first-order valence-corrected chi connectivity index (χ1v) is 5.55. The molecule has 0 saturated carbocycles. The second-order valence-corrected chi connectivity index (χ2v) is 3.66. The van der Waals surface area contributed by atoms with Crippen LogP contribution in [0.2, 0.25) is 0 Å². The van der Waals surface area contributed by atoms with E-state index >= 15 is 0 Å². The van der Waals surface area contributed by atoms with Gasteiger partial charge in [-0.1, -0.05) is 32.1 Å². The zero-order valence-electron chi connectivity index (χ0n) is 9.53. The molecule has 1 aromatic heterocycles. The first-order valence-electron chi connectivity index (χ1n) is 5.55. The zero-order chi connectivity index (χ0) is 11.1. The standard InChI is InChI=1S/C12H19N3/c1-3-5-12(13)7-6-11-9-14-15(10-11)8-4-2/h9-10,12H,3-5,8,13H2,1-2H3. The van der Waals surface area contributed by atoms with Crippen molar-refractivity contribution < 1.29 is 0 Å². The zero-order valence-corrected chi connectivity index (χ0v) is 9.53. The Bertz CT molecular complexity index is 343. The summed E-state index contributed by atoms with van der Waals surface area (Å²) in [5.74, 6) is 6.08. The number of hydrogen-bond acceptors (Lipinski definition) is 2. The van der Waals surface area contributed by atoms with Gasteiger partial charge in [0.15, 0.2) is 0 Å². The van der Waals surface area contributed by atoms with Crippen molar-refractivity contribution in [2.75, 3.05) is 0 Å². The third kappa shape index (κ3) is 4.18. The van der Waals surface area contributed by atoms with E-state index in [-0.39, 0.29) is 6.04 Å². The van der Waals surface area contributed by atoms with Crippen LogP contribution < -0.4 is 5.73 Å². The average Bonchev–Trinajstić information content (AvgIpc) is 2.64. The minimum absolute atomic E-state index is 0.00970. The summed E-state index contributed by atoms with van der Waals surface area (Å²) in [5, 5.41) is 4.20. The van der Waals surface area contributed by atoms with Crippen LogP contribution in [0.3, 0.4) is 0 Å². The molecule has 0 fully saturated rings. The molecule has 0 spiro atoms. The van der Waals surface area contributed by atoms with E-state index in [1.807, 2.05) is 10.9 Å². The van der Waals surface area contributed by atoms with Gasteiger partial charge < -0.3 is 5.73 Å². The van der Waals surface area contributed by atoms with Crippen molar-refractivity contribution in [3.8, 4) is 11.8 Å². The number of aryl methyl sites for hydroxylation is 1. The minimum atomic E-state index is -0.00970. The van der Waals surface area contributed by atoms with Crippen LogP contribution in [0.15, 0.2) is 12.4 Å². The predicted molar refractivity (Wildman–Crippen MR) is 62.3 cm³/mol. The van der Waals surface area contributed by atoms with E-state index in [4.69, 9.17) is 5.73 Å². The second kappa shape index (κ2) is 6.26. The molecule has 15 heavy (non-hydrogen) atoms. The number of aromatic nitrogens is 2. The lowest BCUT2D eigenvalue weighted by Gasteiger charge is -1.98. The molecule has 1 heterocycles. The van der Waals surface area contributed by atoms with Crippen LogP contribution in [0, 0.1) is 11.8 Å². The molecular weight excluding hydrogens is 186 g/mol. The molecule has 0 bridgehead atoms. The Kier molecular flexibility index (Phi) is 4.92. The van der Waals surface area contributed by atoms with Crippen LogP contribution in [0.25, 0.3) is 0 Å². The summed E-state index contributed by atoms with van der Waals surface area (Å²) < 4.78 is 1.91. The molecule has 1 aromatic rings. The Morgan fingerprint density at radius 2 is 2.27 bits per heavy atom. The molecule has 82 valence electrons. The normalized spacial score (nSPS) is 11.9. The summed E-state index contributed by atoms with van der Waals surface area (Å²) >= 11 is 0. The minimum Gasteiger partial charge on any atom is -0.318 e. The Labute approximate surface area is 91.7 Å².